The average molecular weight is 801 g/mol. The van der Waals surface area contributed by atoms with Crippen molar-refractivity contribution in [2.75, 3.05) is 0 Å². The normalized spacial score (nSPS) is 13.1. The first kappa shape index (κ1) is 48.5. The van der Waals surface area contributed by atoms with Gasteiger partial charge in [0, 0.05) is 24.3 Å². The predicted octanol–water partition coefficient (Wildman–Crippen LogP) is 15.4. The summed E-state index contributed by atoms with van der Waals surface area (Å²) in [6.07, 6.45) is 8.95. The summed E-state index contributed by atoms with van der Waals surface area (Å²) in [6.45, 7) is 16.1. The van der Waals surface area contributed by atoms with E-state index in [0.717, 1.165) is 83.5 Å². The van der Waals surface area contributed by atoms with Gasteiger partial charge in [-0.2, -0.15) is 8.78 Å². The van der Waals surface area contributed by atoms with Crippen LogP contribution in [0.4, 0.5) is 30.7 Å². The molecule has 0 fully saturated rings. The number of benzene rings is 3. The van der Waals surface area contributed by atoms with Crippen LogP contribution in [0.1, 0.15) is 157 Å². The van der Waals surface area contributed by atoms with Crippen LogP contribution in [0.25, 0.3) is 11.1 Å². The van der Waals surface area contributed by atoms with Gasteiger partial charge in [0.15, 0.2) is 17.5 Å². The SMILES string of the molecule is CC.CCCCCCC(C)Oc1cc(OC(C)CCCCCC)c(-c2cc(F)c(C(F)(F)Oc3cc(F)c(F)c(F)c3)c(F)c2)c(OC(C)CCCCCC)c1. The summed E-state index contributed by atoms with van der Waals surface area (Å²) in [6, 6.07) is 5.02. The highest BCUT2D eigenvalue weighted by Crippen LogP contribution is 2.46. The number of hydrogen-bond donors (Lipinski definition) is 0. The summed E-state index contributed by atoms with van der Waals surface area (Å²) in [4.78, 5) is 0. The maximum absolute atomic E-state index is 15.8. The van der Waals surface area contributed by atoms with Crippen LogP contribution in [-0.2, 0) is 6.11 Å². The molecule has 0 aliphatic heterocycles. The first-order chi connectivity index (χ1) is 26.7. The molecule has 0 aromatic heterocycles. The number of ether oxygens (including phenoxy) is 4. The van der Waals surface area contributed by atoms with Crippen molar-refractivity contribution in [2.45, 2.75) is 176 Å². The van der Waals surface area contributed by atoms with Gasteiger partial charge in [0.05, 0.1) is 23.9 Å². The molecule has 0 saturated heterocycles. The van der Waals surface area contributed by atoms with Crippen LogP contribution < -0.4 is 18.9 Å². The fraction of sp³-hybridized carbons (Fsp3) is 0.600. The van der Waals surface area contributed by atoms with Crippen LogP contribution >= 0.6 is 0 Å². The maximum atomic E-state index is 15.8. The van der Waals surface area contributed by atoms with Crippen LogP contribution in [0.2, 0.25) is 0 Å². The lowest BCUT2D eigenvalue weighted by atomic mass is 9.99. The van der Waals surface area contributed by atoms with E-state index in [1.807, 2.05) is 34.6 Å². The van der Waals surface area contributed by atoms with Gasteiger partial charge in [0.25, 0.3) is 0 Å². The molecule has 3 unspecified atom stereocenters. The number of hydrogen-bond acceptors (Lipinski definition) is 4. The lowest BCUT2D eigenvalue weighted by molar-refractivity contribution is -0.189. The Hall–Kier alpha value is -3.63. The van der Waals surface area contributed by atoms with E-state index in [9.17, 15) is 13.2 Å². The molecule has 56 heavy (non-hydrogen) atoms. The third kappa shape index (κ3) is 15.4. The molecule has 0 aliphatic rings. The van der Waals surface area contributed by atoms with Gasteiger partial charge in [-0.25, -0.2) is 22.0 Å². The van der Waals surface area contributed by atoms with Crippen LogP contribution in [0.15, 0.2) is 36.4 Å². The molecule has 0 spiro atoms. The highest BCUT2D eigenvalue weighted by atomic mass is 19.3. The molecular formula is C45H63F7O4. The van der Waals surface area contributed by atoms with Crippen LogP contribution in [0.5, 0.6) is 23.0 Å². The highest BCUT2D eigenvalue weighted by molar-refractivity contribution is 5.79. The standard InChI is InChI=1S/C43H57F7O4.C2H6/c1-7-10-13-16-19-28(4)51-32-26-38(52-29(5)20-17-14-11-8-2)40(39(27-32)53-30(6)21-18-15-12-9-3)31-22-34(44)41(35(45)23-31)43(49,50)54-33-24-36(46)42(48)37(47)25-33;1-2/h22-30H,7-21H2,1-6H3;1-2H3. The van der Waals surface area contributed by atoms with Gasteiger partial charge in [-0.15, -0.1) is 0 Å². The van der Waals surface area contributed by atoms with E-state index in [1.54, 1.807) is 12.1 Å². The van der Waals surface area contributed by atoms with E-state index < -0.39 is 46.5 Å². The highest BCUT2D eigenvalue weighted by Gasteiger charge is 2.42. The predicted molar refractivity (Wildman–Crippen MR) is 211 cm³/mol. The van der Waals surface area contributed by atoms with Gasteiger partial charge >= 0.3 is 6.11 Å². The Kier molecular flexibility index (Phi) is 21.6. The van der Waals surface area contributed by atoms with E-state index in [4.69, 9.17) is 14.2 Å². The van der Waals surface area contributed by atoms with Gasteiger partial charge in [0.2, 0.25) is 0 Å². The van der Waals surface area contributed by atoms with E-state index in [0.29, 0.717) is 30.7 Å². The molecule has 0 amide bonds. The second-order valence-corrected chi connectivity index (χ2v) is 14.3. The van der Waals surface area contributed by atoms with Crippen molar-refractivity contribution < 1.29 is 49.7 Å². The molecule has 11 heteroatoms. The Morgan fingerprint density at radius 2 is 0.893 bits per heavy atom. The second-order valence-electron chi connectivity index (χ2n) is 14.3. The van der Waals surface area contributed by atoms with Gasteiger partial charge in [0.1, 0.15) is 40.2 Å². The van der Waals surface area contributed by atoms with Crippen molar-refractivity contribution in [1.82, 2.24) is 0 Å². The monoisotopic (exact) mass is 800 g/mol. The number of rotatable bonds is 25. The minimum atomic E-state index is -4.74. The molecule has 3 atom stereocenters. The molecule has 0 heterocycles. The van der Waals surface area contributed by atoms with E-state index in [1.165, 1.54) is 0 Å². The quantitative estimate of drug-likeness (QED) is 0.0486. The number of halogens is 7. The lowest BCUT2D eigenvalue weighted by Crippen LogP contribution is -2.25. The Morgan fingerprint density at radius 1 is 0.500 bits per heavy atom. The number of unbranched alkanes of at least 4 members (excludes halogenated alkanes) is 9. The Morgan fingerprint density at radius 3 is 1.29 bits per heavy atom. The second kappa shape index (κ2) is 24.9. The molecule has 0 radical (unpaired) electrons. The third-order valence-corrected chi connectivity index (χ3v) is 9.25. The Labute approximate surface area is 330 Å². The third-order valence-electron chi connectivity index (χ3n) is 9.25. The molecule has 4 nitrogen and oxygen atoms in total. The van der Waals surface area contributed by atoms with Crippen molar-refractivity contribution in [3.05, 3.63) is 71.0 Å². The Bertz CT molecular complexity index is 1510. The van der Waals surface area contributed by atoms with Crippen molar-refractivity contribution in [2.24, 2.45) is 0 Å². The van der Waals surface area contributed by atoms with Crippen molar-refractivity contribution >= 4 is 0 Å². The molecule has 0 aliphatic carbocycles. The first-order valence-corrected chi connectivity index (χ1v) is 20.6. The molecule has 316 valence electrons. The summed E-state index contributed by atoms with van der Waals surface area (Å²) >= 11 is 0. The van der Waals surface area contributed by atoms with Crippen molar-refractivity contribution in [3.63, 3.8) is 0 Å². The summed E-state index contributed by atoms with van der Waals surface area (Å²) in [5.74, 6) is -9.26. The van der Waals surface area contributed by atoms with Crippen LogP contribution in [-0.4, -0.2) is 18.3 Å². The fourth-order valence-electron chi connectivity index (χ4n) is 6.31. The summed E-state index contributed by atoms with van der Waals surface area (Å²) in [7, 11) is 0. The zero-order valence-corrected chi connectivity index (χ0v) is 34.6. The van der Waals surface area contributed by atoms with Gasteiger partial charge in [-0.3, -0.25) is 0 Å². The summed E-state index contributed by atoms with van der Waals surface area (Å²) in [5, 5.41) is 0. The number of alkyl halides is 2. The van der Waals surface area contributed by atoms with Crippen molar-refractivity contribution in [3.8, 4) is 34.1 Å². The first-order valence-electron chi connectivity index (χ1n) is 20.6. The van der Waals surface area contributed by atoms with Gasteiger partial charge < -0.3 is 18.9 Å². The van der Waals surface area contributed by atoms with E-state index >= 15 is 17.6 Å². The molecule has 0 saturated carbocycles. The topological polar surface area (TPSA) is 36.9 Å². The fourth-order valence-corrected chi connectivity index (χ4v) is 6.31. The van der Waals surface area contributed by atoms with Crippen LogP contribution in [0.3, 0.4) is 0 Å². The van der Waals surface area contributed by atoms with Gasteiger partial charge in [-0.1, -0.05) is 92.4 Å². The zero-order valence-electron chi connectivity index (χ0n) is 34.6. The van der Waals surface area contributed by atoms with E-state index in [2.05, 4.69) is 25.5 Å². The minimum Gasteiger partial charge on any atom is -0.490 e. The minimum absolute atomic E-state index is 0.148. The summed E-state index contributed by atoms with van der Waals surface area (Å²) < 4.78 is 127. The maximum Gasteiger partial charge on any atom is 0.432 e. The van der Waals surface area contributed by atoms with Gasteiger partial charge in [-0.05, 0) is 77.0 Å². The molecule has 0 bridgehead atoms. The molecule has 3 aromatic carbocycles. The molecule has 0 N–H and O–H groups in total. The lowest BCUT2D eigenvalue weighted by Gasteiger charge is -2.25. The smallest absolute Gasteiger partial charge is 0.432 e. The molecule has 3 aromatic rings. The average Bonchev–Trinajstić information content (AvgIpc) is 3.13. The zero-order chi connectivity index (χ0) is 41.8. The molecular weight excluding hydrogens is 737 g/mol. The summed E-state index contributed by atoms with van der Waals surface area (Å²) in [5.41, 5.74) is -1.80. The van der Waals surface area contributed by atoms with E-state index in [-0.39, 0.29) is 53.1 Å². The van der Waals surface area contributed by atoms with Crippen molar-refractivity contribution in [1.29, 1.82) is 0 Å². The van der Waals surface area contributed by atoms with Crippen LogP contribution in [0, 0.1) is 29.1 Å². The largest absolute Gasteiger partial charge is 0.490 e. The Balaban J connectivity index is 0.00000532. The molecule has 3 rings (SSSR count).